The highest BCUT2D eigenvalue weighted by Gasteiger charge is 2.07. The third-order valence-electron chi connectivity index (χ3n) is 2.18. The summed E-state index contributed by atoms with van der Waals surface area (Å²) >= 11 is 3.42. The number of halogens is 1. The first kappa shape index (κ1) is 11.0. The van der Waals surface area contributed by atoms with Gasteiger partial charge in [-0.05, 0) is 6.07 Å². The predicted molar refractivity (Wildman–Crippen MR) is 65.5 cm³/mol. The van der Waals surface area contributed by atoms with Gasteiger partial charge in [0.05, 0.1) is 6.61 Å². The Labute approximate surface area is 101 Å². The van der Waals surface area contributed by atoms with Gasteiger partial charge in [0.15, 0.2) is 5.82 Å². The number of nitrogens with two attached hydrogens (primary N) is 1. The number of benzene rings is 1. The maximum absolute atomic E-state index is 8.97. The highest BCUT2D eigenvalue weighted by atomic mass is 79.9. The second-order valence-corrected chi connectivity index (χ2v) is 4.10. The van der Waals surface area contributed by atoms with E-state index in [1.807, 2.05) is 24.3 Å². The summed E-state index contributed by atoms with van der Waals surface area (Å²) in [6, 6.07) is 7.63. The van der Waals surface area contributed by atoms with Gasteiger partial charge in [-0.2, -0.15) is 0 Å². The summed E-state index contributed by atoms with van der Waals surface area (Å²) in [5.41, 5.74) is 7.10. The van der Waals surface area contributed by atoms with Crippen LogP contribution in [0, 0.1) is 0 Å². The van der Waals surface area contributed by atoms with E-state index < -0.39 is 0 Å². The largest absolute Gasteiger partial charge is 0.391 e. The minimum absolute atomic E-state index is 0.151. The zero-order valence-electron chi connectivity index (χ0n) is 8.39. The molecule has 0 saturated heterocycles. The van der Waals surface area contributed by atoms with Crippen LogP contribution >= 0.6 is 15.9 Å². The van der Waals surface area contributed by atoms with E-state index in [9.17, 15) is 0 Å². The molecule has 2 rings (SSSR count). The van der Waals surface area contributed by atoms with Crippen LogP contribution in [0.3, 0.4) is 0 Å². The summed E-state index contributed by atoms with van der Waals surface area (Å²) in [5.74, 6) is 0.852. The summed E-state index contributed by atoms with van der Waals surface area (Å²) in [6.07, 6.45) is 1.54. The van der Waals surface area contributed by atoms with Crippen LogP contribution in [0.2, 0.25) is 0 Å². The maximum atomic E-state index is 8.97. The quantitative estimate of drug-likeness (QED) is 0.882. The Kier molecular flexibility index (Phi) is 3.17. The van der Waals surface area contributed by atoms with Crippen molar-refractivity contribution in [1.82, 2.24) is 9.97 Å². The number of rotatable bonds is 2. The van der Waals surface area contributed by atoms with Gasteiger partial charge in [-0.15, -0.1) is 0 Å². The molecule has 5 heteroatoms. The van der Waals surface area contributed by atoms with Crippen LogP contribution in [0.15, 0.2) is 34.9 Å². The molecule has 0 bridgehead atoms. The molecule has 1 aromatic carbocycles. The number of aliphatic hydroxyl groups is 1. The lowest BCUT2D eigenvalue weighted by molar-refractivity contribution is 0.281. The standard InChI is InChI=1S/C11H10BrN3O/c12-9-4-2-1-3-8(9)11-14-5-7(6-16)10(13)15-11/h1-5,16H,6H2,(H2,13,14,15). The molecular weight excluding hydrogens is 270 g/mol. The van der Waals surface area contributed by atoms with Crippen molar-refractivity contribution in [1.29, 1.82) is 0 Å². The molecule has 1 heterocycles. The fourth-order valence-corrected chi connectivity index (χ4v) is 1.78. The highest BCUT2D eigenvalue weighted by molar-refractivity contribution is 9.10. The van der Waals surface area contributed by atoms with Gasteiger partial charge in [0.1, 0.15) is 5.82 Å². The molecule has 0 aliphatic carbocycles. The Morgan fingerprint density at radius 1 is 1.31 bits per heavy atom. The van der Waals surface area contributed by atoms with Gasteiger partial charge < -0.3 is 10.8 Å². The lowest BCUT2D eigenvalue weighted by atomic mass is 10.2. The SMILES string of the molecule is Nc1nc(-c2ccccc2Br)ncc1CO. The third kappa shape index (κ3) is 2.05. The van der Waals surface area contributed by atoms with Gasteiger partial charge in [-0.25, -0.2) is 9.97 Å². The first-order chi connectivity index (χ1) is 7.72. The van der Waals surface area contributed by atoms with Crippen molar-refractivity contribution >= 4 is 21.7 Å². The second kappa shape index (κ2) is 4.59. The van der Waals surface area contributed by atoms with Crippen LogP contribution in [0.4, 0.5) is 5.82 Å². The van der Waals surface area contributed by atoms with Crippen LogP contribution in [-0.2, 0) is 6.61 Å². The summed E-state index contributed by atoms with van der Waals surface area (Å²) in [4.78, 5) is 8.31. The van der Waals surface area contributed by atoms with Crippen molar-refractivity contribution in [3.8, 4) is 11.4 Å². The molecule has 0 radical (unpaired) electrons. The van der Waals surface area contributed by atoms with E-state index in [-0.39, 0.29) is 6.61 Å². The molecule has 0 fully saturated rings. The number of hydrogen-bond acceptors (Lipinski definition) is 4. The van der Waals surface area contributed by atoms with Crippen LogP contribution in [0.1, 0.15) is 5.56 Å². The fraction of sp³-hybridized carbons (Fsp3) is 0.0909. The first-order valence-corrected chi connectivity index (χ1v) is 5.49. The van der Waals surface area contributed by atoms with Gasteiger partial charge in [-0.1, -0.05) is 34.1 Å². The Morgan fingerprint density at radius 2 is 2.06 bits per heavy atom. The Bertz CT molecular complexity index is 516. The van der Waals surface area contributed by atoms with E-state index in [1.165, 1.54) is 6.20 Å². The van der Waals surface area contributed by atoms with Crippen LogP contribution in [0.25, 0.3) is 11.4 Å². The molecule has 1 aromatic heterocycles. The highest BCUT2D eigenvalue weighted by Crippen LogP contribution is 2.25. The van der Waals surface area contributed by atoms with Crippen LogP contribution in [0.5, 0.6) is 0 Å². The average molecular weight is 280 g/mol. The molecule has 0 aliphatic heterocycles. The topological polar surface area (TPSA) is 72.0 Å². The van der Waals surface area contributed by atoms with Crippen LogP contribution < -0.4 is 5.73 Å². The Hall–Kier alpha value is -1.46. The Balaban J connectivity index is 2.50. The smallest absolute Gasteiger partial charge is 0.162 e. The van der Waals surface area contributed by atoms with E-state index in [0.717, 1.165) is 10.0 Å². The van der Waals surface area contributed by atoms with Crippen molar-refractivity contribution in [2.45, 2.75) is 6.61 Å². The van der Waals surface area contributed by atoms with E-state index in [0.29, 0.717) is 17.2 Å². The van der Waals surface area contributed by atoms with Crippen molar-refractivity contribution in [2.75, 3.05) is 5.73 Å². The molecule has 2 aromatic rings. The lowest BCUT2D eigenvalue weighted by Crippen LogP contribution is -2.01. The van der Waals surface area contributed by atoms with E-state index in [2.05, 4.69) is 25.9 Å². The van der Waals surface area contributed by atoms with Gasteiger partial charge in [0, 0.05) is 21.8 Å². The second-order valence-electron chi connectivity index (χ2n) is 3.24. The number of nitrogens with zero attached hydrogens (tertiary/aromatic N) is 2. The van der Waals surface area contributed by atoms with E-state index in [1.54, 1.807) is 0 Å². The Morgan fingerprint density at radius 3 is 2.69 bits per heavy atom. The molecule has 0 unspecified atom stereocenters. The normalized spacial score (nSPS) is 10.4. The minimum Gasteiger partial charge on any atom is -0.391 e. The monoisotopic (exact) mass is 279 g/mol. The molecule has 0 amide bonds. The van der Waals surface area contributed by atoms with E-state index >= 15 is 0 Å². The number of hydrogen-bond donors (Lipinski definition) is 2. The molecule has 0 saturated carbocycles. The maximum Gasteiger partial charge on any atom is 0.162 e. The van der Waals surface area contributed by atoms with Gasteiger partial charge in [-0.3, -0.25) is 0 Å². The lowest BCUT2D eigenvalue weighted by Gasteiger charge is -2.05. The molecule has 3 N–H and O–H groups in total. The number of nitrogen functional groups attached to an aromatic ring is 1. The number of aliphatic hydroxyl groups excluding tert-OH is 1. The van der Waals surface area contributed by atoms with Crippen molar-refractivity contribution < 1.29 is 5.11 Å². The van der Waals surface area contributed by atoms with Crippen molar-refractivity contribution in [3.05, 3.63) is 40.5 Å². The van der Waals surface area contributed by atoms with Gasteiger partial charge in [0.25, 0.3) is 0 Å². The molecule has 82 valence electrons. The molecular formula is C11H10BrN3O. The van der Waals surface area contributed by atoms with Crippen molar-refractivity contribution in [3.63, 3.8) is 0 Å². The summed E-state index contributed by atoms with van der Waals surface area (Å²) in [7, 11) is 0. The zero-order chi connectivity index (χ0) is 11.5. The zero-order valence-corrected chi connectivity index (χ0v) is 9.98. The summed E-state index contributed by atoms with van der Waals surface area (Å²) in [5, 5.41) is 8.97. The van der Waals surface area contributed by atoms with Crippen molar-refractivity contribution in [2.24, 2.45) is 0 Å². The number of aromatic nitrogens is 2. The molecule has 4 nitrogen and oxygen atoms in total. The fourth-order valence-electron chi connectivity index (χ4n) is 1.31. The predicted octanol–water partition coefficient (Wildman–Crippen LogP) is 1.98. The summed E-state index contributed by atoms with van der Waals surface area (Å²) in [6.45, 7) is -0.151. The molecule has 0 spiro atoms. The van der Waals surface area contributed by atoms with E-state index in [4.69, 9.17) is 10.8 Å². The first-order valence-electron chi connectivity index (χ1n) is 4.69. The average Bonchev–Trinajstić information content (AvgIpc) is 2.29. The number of anilines is 1. The van der Waals surface area contributed by atoms with Crippen LogP contribution in [-0.4, -0.2) is 15.1 Å². The molecule has 16 heavy (non-hydrogen) atoms. The van der Waals surface area contributed by atoms with Gasteiger partial charge in [0.2, 0.25) is 0 Å². The summed E-state index contributed by atoms with van der Waals surface area (Å²) < 4.78 is 0.908. The molecule has 0 atom stereocenters. The third-order valence-corrected chi connectivity index (χ3v) is 2.87. The van der Waals surface area contributed by atoms with Gasteiger partial charge >= 0.3 is 0 Å². The molecule has 0 aliphatic rings. The minimum atomic E-state index is -0.151.